The highest BCUT2D eigenvalue weighted by Crippen LogP contribution is 2.46. The highest BCUT2D eigenvalue weighted by atomic mass is 16.5. The van der Waals surface area contributed by atoms with Crippen LogP contribution in [-0.4, -0.2) is 7.11 Å². The van der Waals surface area contributed by atoms with Crippen LogP contribution in [0.1, 0.15) is 27.8 Å². The number of methoxy groups -OCH3 is 1. The Bertz CT molecular complexity index is 946. The fourth-order valence-electron chi connectivity index (χ4n) is 3.64. The van der Waals surface area contributed by atoms with E-state index in [-0.39, 0.29) is 0 Å². The standard InChI is InChI=1S/C23H20O/c1-15-12-16(2)23-21(13-15)19-6-4-5-7-20(19)22(23)14-17-8-10-18(24-3)11-9-17/h4-14H,1-3H3/b22-14+. The van der Waals surface area contributed by atoms with Crippen LogP contribution in [0.15, 0.2) is 60.7 Å². The Labute approximate surface area is 143 Å². The van der Waals surface area contributed by atoms with Crippen LogP contribution in [0.4, 0.5) is 0 Å². The topological polar surface area (TPSA) is 9.23 Å². The molecule has 0 fully saturated rings. The van der Waals surface area contributed by atoms with Crippen molar-refractivity contribution in [1.29, 1.82) is 0 Å². The van der Waals surface area contributed by atoms with E-state index in [1.54, 1.807) is 7.11 Å². The van der Waals surface area contributed by atoms with Crippen LogP contribution >= 0.6 is 0 Å². The number of aryl methyl sites for hydroxylation is 2. The number of hydrogen-bond donors (Lipinski definition) is 0. The third-order valence-electron chi connectivity index (χ3n) is 4.68. The summed E-state index contributed by atoms with van der Waals surface area (Å²) in [4.78, 5) is 0. The second-order valence-corrected chi connectivity index (χ2v) is 6.38. The van der Waals surface area contributed by atoms with Gasteiger partial charge in [0.2, 0.25) is 0 Å². The zero-order chi connectivity index (χ0) is 16.7. The quantitative estimate of drug-likeness (QED) is 0.449. The molecule has 0 N–H and O–H groups in total. The van der Waals surface area contributed by atoms with Crippen molar-refractivity contribution in [2.75, 3.05) is 7.11 Å². The average Bonchev–Trinajstić information content (AvgIpc) is 2.90. The van der Waals surface area contributed by atoms with Crippen molar-refractivity contribution >= 4 is 11.6 Å². The average molecular weight is 312 g/mol. The molecule has 3 aromatic carbocycles. The van der Waals surface area contributed by atoms with Gasteiger partial charge >= 0.3 is 0 Å². The second-order valence-electron chi connectivity index (χ2n) is 6.38. The van der Waals surface area contributed by atoms with Gasteiger partial charge in [0.15, 0.2) is 0 Å². The summed E-state index contributed by atoms with van der Waals surface area (Å²) in [6.07, 6.45) is 2.28. The Balaban J connectivity index is 1.94. The van der Waals surface area contributed by atoms with Gasteiger partial charge in [0.1, 0.15) is 5.75 Å². The molecule has 1 heteroatoms. The minimum atomic E-state index is 0.885. The van der Waals surface area contributed by atoms with Crippen molar-refractivity contribution in [3.8, 4) is 16.9 Å². The monoisotopic (exact) mass is 312 g/mol. The summed E-state index contributed by atoms with van der Waals surface area (Å²) in [5.41, 5.74) is 10.5. The van der Waals surface area contributed by atoms with Gasteiger partial charge < -0.3 is 4.74 Å². The Morgan fingerprint density at radius 2 is 1.50 bits per heavy atom. The normalized spacial score (nSPS) is 13.7. The lowest BCUT2D eigenvalue weighted by atomic mass is 9.95. The lowest BCUT2D eigenvalue weighted by Gasteiger charge is -2.09. The molecule has 0 spiro atoms. The van der Waals surface area contributed by atoms with E-state index < -0.39 is 0 Å². The van der Waals surface area contributed by atoms with Gasteiger partial charge in [0.25, 0.3) is 0 Å². The molecular formula is C23H20O. The number of hydrogen-bond acceptors (Lipinski definition) is 1. The molecule has 0 atom stereocenters. The lowest BCUT2D eigenvalue weighted by molar-refractivity contribution is 0.415. The van der Waals surface area contributed by atoms with Gasteiger partial charge in [-0.3, -0.25) is 0 Å². The molecule has 1 nitrogen and oxygen atoms in total. The van der Waals surface area contributed by atoms with E-state index in [1.807, 2.05) is 12.1 Å². The van der Waals surface area contributed by atoms with Crippen LogP contribution in [-0.2, 0) is 0 Å². The van der Waals surface area contributed by atoms with Crippen molar-refractivity contribution in [2.45, 2.75) is 13.8 Å². The van der Waals surface area contributed by atoms with Crippen LogP contribution in [0.3, 0.4) is 0 Å². The van der Waals surface area contributed by atoms with Crippen LogP contribution in [0.25, 0.3) is 22.8 Å². The highest BCUT2D eigenvalue weighted by Gasteiger charge is 2.24. The van der Waals surface area contributed by atoms with Gasteiger partial charge in [-0.2, -0.15) is 0 Å². The first-order valence-electron chi connectivity index (χ1n) is 8.24. The van der Waals surface area contributed by atoms with E-state index in [2.05, 4.69) is 68.5 Å². The van der Waals surface area contributed by atoms with Crippen LogP contribution in [0, 0.1) is 13.8 Å². The minimum absolute atomic E-state index is 0.885. The molecule has 1 aliphatic rings. The fourth-order valence-corrected chi connectivity index (χ4v) is 3.64. The van der Waals surface area contributed by atoms with E-state index in [4.69, 9.17) is 4.74 Å². The molecule has 0 bridgehead atoms. The summed E-state index contributed by atoms with van der Waals surface area (Å²) in [6, 6.07) is 21.5. The molecule has 4 rings (SSSR count). The van der Waals surface area contributed by atoms with E-state index in [0.717, 1.165) is 5.75 Å². The molecule has 0 aliphatic heterocycles. The van der Waals surface area contributed by atoms with Crippen LogP contribution in [0.5, 0.6) is 5.75 Å². The SMILES string of the molecule is COc1ccc(/C=C2\c3ccccc3-c3cc(C)cc(C)c32)cc1. The van der Waals surface area contributed by atoms with Gasteiger partial charge in [-0.25, -0.2) is 0 Å². The third-order valence-corrected chi connectivity index (χ3v) is 4.68. The Kier molecular flexibility index (Phi) is 3.50. The number of rotatable bonds is 2. The molecule has 118 valence electrons. The largest absolute Gasteiger partial charge is 0.497 e. The molecule has 1 aliphatic carbocycles. The smallest absolute Gasteiger partial charge is 0.118 e. The van der Waals surface area contributed by atoms with E-state index in [9.17, 15) is 0 Å². The Morgan fingerprint density at radius 3 is 2.21 bits per heavy atom. The van der Waals surface area contributed by atoms with E-state index in [0.29, 0.717) is 0 Å². The summed E-state index contributed by atoms with van der Waals surface area (Å²) in [7, 11) is 1.70. The lowest BCUT2D eigenvalue weighted by Crippen LogP contribution is -1.88. The Morgan fingerprint density at radius 1 is 0.792 bits per heavy atom. The summed E-state index contributed by atoms with van der Waals surface area (Å²) >= 11 is 0. The highest BCUT2D eigenvalue weighted by molar-refractivity contribution is 6.07. The summed E-state index contributed by atoms with van der Waals surface area (Å²) < 4.78 is 5.26. The summed E-state index contributed by atoms with van der Waals surface area (Å²) in [6.45, 7) is 4.38. The first kappa shape index (κ1) is 14.8. The number of benzene rings is 3. The van der Waals surface area contributed by atoms with Crippen LogP contribution in [0.2, 0.25) is 0 Å². The predicted molar refractivity (Wildman–Crippen MR) is 101 cm³/mol. The zero-order valence-corrected chi connectivity index (χ0v) is 14.3. The van der Waals surface area contributed by atoms with E-state index in [1.165, 1.54) is 44.5 Å². The zero-order valence-electron chi connectivity index (χ0n) is 14.3. The molecule has 0 saturated carbocycles. The number of fused-ring (bicyclic) bond motifs is 3. The molecule has 3 aromatic rings. The number of ether oxygens (including phenoxy) is 1. The van der Waals surface area contributed by atoms with Crippen molar-refractivity contribution < 1.29 is 4.74 Å². The summed E-state index contributed by atoms with van der Waals surface area (Å²) in [5.74, 6) is 0.885. The maximum atomic E-state index is 5.26. The molecule has 0 unspecified atom stereocenters. The first-order valence-corrected chi connectivity index (χ1v) is 8.24. The van der Waals surface area contributed by atoms with Gasteiger partial charge in [-0.15, -0.1) is 0 Å². The first-order chi connectivity index (χ1) is 11.7. The molecule has 0 aromatic heterocycles. The van der Waals surface area contributed by atoms with Gasteiger partial charge in [-0.05, 0) is 71.0 Å². The molecular weight excluding hydrogens is 292 g/mol. The Hall–Kier alpha value is -2.80. The van der Waals surface area contributed by atoms with Gasteiger partial charge in [0.05, 0.1) is 7.11 Å². The molecule has 0 amide bonds. The molecule has 24 heavy (non-hydrogen) atoms. The van der Waals surface area contributed by atoms with Crippen LogP contribution < -0.4 is 4.74 Å². The maximum absolute atomic E-state index is 5.26. The van der Waals surface area contributed by atoms with E-state index >= 15 is 0 Å². The van der Waals surface area contributed by atoms with Crippen molar-refractivity contribution in [2.24, 2.45) is 0 Å². The summed E-state index contributed by atoms with van der Waals surface area (Å²) in [5, 5.41) is 0. The predicted octanol–water partition coefficient (Wildman–Crippen LogP) is 5.88. The molecule has 0 radical (unpaired) electrons. The minimum Gasteiger partial charge on any atom is -0.497 e. The van der Waals surface area contributed by atoms with Gasteiger partial charge in [0, 0.05) is 0 Å². The molecule has 0 heterocycles. The van der Waals surface area contributed by atoms with Crippen molar-refractivity contribution in [3.05, 3.63) is 88.5 Å². The van der Waals surface area contributed by atoms with Crippen molar-refractivity contribution in [1.82, 2.24) is 0 Å². The molecule has 0 saturated heterocycles. The van der Waals surface area contributed by atoms with Gasteiger partial charge in [-0.1, -0.05) is 54.1 Å². The van der Waals surface area contributed by atoms with Crippen molar-refractivity contribution in [3.63, 3.8) is 0 Å². The third kappa shape index (κ3) is 2.33. The maximum Gasteiger partial charge on any atom is 0.118 e. The second kappa shape index (κ2) is 5.68. The fraction of sp³-hybridized carbons (Fsp3) is 0.130.